The highest BCUT2D eigenvalue weighted by molar-refractivity contribution is 6.31. The Morgan fingerprint density at radius 1 is 1.03 bits per heavy atom. The van der Waals surface area contributed by atoms with Gasteiger partial charge in [-0.15, -0.1) is 0 Å². The molecule has 5 rings (SSSR count). The minimum atomic E-state index is -1.03. The molecule has 2 unspecified atom stereocenters. The second-order valence-corrected chi connectivity index (χ2v) is 9.40. The highest BCUT2D eigenvalue weighted by Gasteiger charge is 2.39. The number of aromatic nitrogens is 1. The first kappa shape index (κ1) is 24.0. The summed E-state index contributed by atoms with van der Waals surface area (Å²) >= 11 is 6.13. The van der Waals surface area contributed by atoms with Gasteiger partial charge in [0, 0.05) is 23.4 Å². The molecular formula is C30H26ClNO4. The van der Waals surface area contributed by atoms with Gasteiger partial charge in [0.25, 0.3) is 0 Å². The molecule has 1 aromatic heterocycles. The van der Waals surface area contributed by atoms with Crippen molar-refractivity contribution in [1.82, 2.24) is 4.98 Å². The first-order valence-corrected chi connectivity index (χ1v) is 12.3. The van der Waals surface area contributed by atoms with Gasteiger partial charge in [0.05, 0.1) is 11.2 Å². The summed E-state index contributed by atoms with van der Waals surface area (Å²) in [4.78, 5) is 16.4. The number of para-hydroxylation sites is 1. The van der Waals surface area contributed by atoms with Crippen LogP contribution in [-0.4, -0.2) is 29.5 Å². The summed E-state index contributed by atoms with van der Waals surface area (Å²) in [6, 6.07) is 24.6. The molecule has 0 amide bonds. The largest absolute Gasteiger partial charge is 0.478 e. The van der Waals surface area contributed by atoms with Gasteiger partial charge < -0.3 is 14.6 Å². The third kappa shape index (κ3) is 5.43. The lowest BCUT2D eigenvalue weighted by Gasteiger charge is -2.28. The van der Waals surface area contributed by atoms with E-state index in [1.54, 1.807) is 25.3 Å². The van der Waals surface area contributed by atoms with Crippen molar-refractivity contribution >= 4 is 40.6 Å². The molecule has 0 spiro atoms. The van der Waals surface area contributed by atoms with Crippen molar-refractivity contribution in [2.75, 3.05) is 7.11 Å². The van der Waals surface area contributed by atoms with Crippen LogP contribution in [-0.2, 0) is 4.74 Å². The van der Waals surface area contributed by atoms with Crippen molar-refractivity contribution in [2.24, 2.45) is 5.92 Å². The van der Waals surface area contributed by atoms with E-state index < -0.39 is 12.3 Å². The molecule has 1 heterocycles. The fourth-order valence-electron chi connectivity index (χ4n) is 4.50. The quantitative estimate of drug-likeness (QED) is 0.245. The number of carbonyl (C=O) groups is 1. The molecule has 4 aromatic rings. The molecule has 1 aliphatic rings. The normalized spacial score (nSPS) is 15.2. The molecule has 1 saturated carbocycles. The lowest BCUT2D eigenvalue weighted by molar-refractivity contribution is -0.0765. The topological polar surface area (TPSA) is 68.7 Å². The maximum absolute atomic E-state index is 11.7. The number of carboxylic acid groups (broad SMARTS) is 1. The smallest absolute Gasteiger partial charge is 0.339 e. The second-order valence-electron chi connectivity index (χ2n) is 8.96. The minimum Gasteiger partial charge on any atom is -0.478 e. The summed E-state index contributed by atoms with van der Waals surface area (Å²) in [6.07, 6.45) is 5.58. The molecule has 2 atom stereocenters. The lowest BCUT2D eigenvalue weighted by Crippen LogP contribution is -2.29. The Labute approximate surface area is 215 Å². The lowest BCUT2D eigenvalue weighted by atomic mass is 9.92. The zero-order valence-electron chi connectivity index (χ0n) is 19.8. The number of hydrogen-bond acceptors (Lipinski definition) is 4. The van der Waals surface area contributed by atoms with Gasteiger partial charge >= 0.3 is 5.97 Å². The van der Waals surface area contributed by atoms with Crippen LogP contribution in [0.15, 0.2) is 78.9 Å². The van der Waals surface area contributed by atoms with Gasteiger partial charge in [-0.1, -0.05) is 66.2 Å². The van der Waals surface area contributed by atoms with Crippen molar-refractivity contribution in [1.29, 1.82) is 0 Å². The van der Waals surface area contributed by atoms with Crippen molar-refractivity contribution in [3.05, 3.63) is 106 Å². The Morgan fingerprint density at radius 2 is 1.83 bits per heavy atom. The van der Waals surface area contributed by atoms with E-state index in [0.29, 0.717) is 16.7 Å². The van der Waals surface area contributed by atoms with Crippen molar-refractivity contribution in [3.8, 4) is 5.75 Å². The number of aromatic carboxylic acids is 1. The van der Waals surface area contributed by atoms with E-state index in [2.05, 4.69) is 12.1 Å². The molecule has 0 saturated heterocycles. The molecule has 1 N–H and O–H groups in total. The van der Waals surface area contributed by atoms with Crippen LogP contribution >= 0.6 is 11.6 Å². The number of hydrogen-bond donors (Lipinski definition) is 1. The molecule has 0 aliphatic heterocycles. The molecule has 182 valence electrons. The number of fused-ring (bicyclic) bond motifs is 1. The van der Waals surface area contributed by atoms with E-state index in [4.69, 9.17) is 26.1 Å². The summed E-state index contributed by atoms with van der Waals surface area (Å²) in [6.45, 7) is 0. The zero-order chi connectivity index (χ0) is 25.1. The van der Waals surface area contributed by atoms with E-state index in [-0.39, 0.29) is 11.5 Å². The van der Waals surface area contributed by atoms with Crippen LogP contribution in [0.3, 0.4) is 0 Å². The maximum atomic E-state index is 11.7. The van der Waals surface area contributed by atoms with Gasteiger partial charge in [0.2, 0.25) is 6.29 Å². The molecule has 1 fully saturated rings. The van der Waals surface area contributed by atoms with Crippen LogP contribution in [0.1, 0.15) is 45.9 Å². The SMILES string of the molecule is COC(Oc1ccccc1C(=O)O)C(c1cccc(C=Cc2ccc3ccc(Cl)cc3n2)c1)C1CC1. The Kier molecular flexibility index (Phi) is 7.03. The Bertz CT molecular complexity index is 1430. The molecule has 5 nitrogen and oxygen atoms in total. The standard InChI is InChI=1S/C30H26ClNO4/c1-35-30(36-27-8-3-2-7-25(27)29(33)34)28(21-10-11-21)22-6-4-5-19(17-22)9-15-24-16-13-20-12-14-23(31)18-26(20)32-24/h2-9,12-18,21,28,30H,10-11H2,1H3,(H,33,34). The average molecular weight is 500 g/mol. The fraction of sp³-hybridized carbons (Fsp3) is 0.200. The van der Waals surface area contributed by atoms with Gasteiger partial charge in [-0.05, 0) is 66.3 Å². The van der Waals surface area contributed by atoms with Crippen LogP contribution in [0.25, 0.3) is 23.1 Å². The third-order valence-electron chi connectivity index (χ3n) is 6.43. The van der Waals surface area contributed by atoms with E-state index in [1.165, 1.54) is 6.07 Å². The number of carboxylic acids is 1. The molecule has 0 radical (unpaired) electrons. The molecule has 6 heteroatoms. The van der Waals surface area contributed by atoms with Crippen molar-refractivity contribution in [3.63, 3.8) is 0 Å². The van der Waals surface area contributed by atoms with Gasteiger partial charge in [-0.3, -0.25) is 0 Å². The summed E-state index contributed by atoms with van der Waals surface area (Å²) in [5, 5.41) is 11.3. The predicted molar refractivity (Wildman–Crippen MR) is 142 cm³/mol. The number of methoxy groups -OCH3 is 1. The summed E-state index contributed by atoms with van der Waals surface area (Å²) in [5.74, 6) is -0.328. The minimum absolute atomic E-state index is 0.0221. The summed E-state index contributed by atoms with van der Waals surface area (Å²) in [7, 11) is 1.60. The van der Waals surface area contributed by atoms with Gasteiger partial charge in [-0.2, -0.15) is 0 Å². The average Bonchev–Trinajstić information content (AvgIpc) is 3.72. The Morgan fingerprint density at radius 3 is 2.61 bits per heavy atom. The number of pyridine rings is 1. The van der Waals surface area contributed by atoms with Crippen molar-refractivity contribution < 1.29 is 19.4 Å². The Balaban J connectivity index is 1.40. The first-order valence-electron chi connectivity index (χ1n) is 11.9. The molecule has 3 aromatic carbocycles. The highest BCUT2D eigenvalue weighted by Crippen LogP contribution is 2.46. The van der Waals surface area contributed by atoms with E-state index in [1.807, 2.05) is 54.6 Å². The summed E-state index contributed by atoms with van der Waals surface area (Å²) in [5.41, 5.74) is 3.95. The van der Waals surface area contributed by atoms with Crippen molar-refractivity contribution in [2.45, 2.75) is 25.0 Å². The fourth-order valence-corrected chi connectivity index (χ4v) is 4.66. The predicted octanol–water partition coefficient (Wildman–Crippen LogP) is 7.30. The molecule has 36 heavy (non-hydrogen) atoms. The summed E-state index contributed by atoms with van der Waals surface area (Å²) < 4.78 is 11.9. The molecule has 1 aliphatic carbocycles. The number of halogens is 1. The molecule has 0 bridgehead atoms. The van der Waals surface area contributed by atoms with Crippen LogP contribution in [0.5, 0.6) is 5.75 Å². The second kappa shape index (κ2) is 10.5. The molecular weight excluding hydrogens is 474 g/mol. The van der Waals surface area contributed by atoms with Crippen LogP contribution in [0.2, 0.25) is 5.02 Å². The highest BCUT2D eigenvalue weighted by atomic mass is 35.5. The van der Waals surface area contributed by atoms with E-state index in [9.17, 15) is 9.90 Å². The van der Waals surface area contributed by atoms with Gasteiger partial charge in [-0.25, -0.2) is 9.78 Å². The first-order chi connectivity index (χ1) is 17.5. The van der Waals surface area contributed by atoms with Crippen LogP contribution < -0.4 is 4.74 Å². The van der Waals surface area contributed by atoms with Crippen LogP contribution in [0, 0.1) is 5.92 Å². The zero-order valence-corrected chi connectivity index (χ0v) is 20.6. The maximum Gasteiger partial charge on any atom is 0.339 e. The number of nitrogens with zero attached hydrogens (tertiary/aromatic N) is 1. The van der Waals surface area contributed by atoms with Gasteiger partial charge in [0.1, 0.15) is 11.3 Å². The monoisotopic (exact) mass is 499 g/mol. The number of ether oxygens (including phenoxy) is 2. The Hall–Kier alpha value is -3.67. The number of rotatable bonds is 9. The van der Waals surface area contributed by atoms with E-state index >= 15 is 0 Å². The number of benzene rings is 3. The van der Waals surface area contributed by atoms with Gasteiger partial charge in [0.15, 0.2) is 0 Å². The van der Waals surface area contributed by atoms with Crippen LogP contribution in [0.4, 0.5) is 0 Å². The third-order valence-corrected chi connectivity index (χ3v) is 6.67. The van der Waals surface area contributed by atoms with E-state index in [0.717, 1.165) is 40.6 Å².